The van der Waals surface area contributed by atoms with Gasteiger partial charge in [-0.25, -0.2) is 0 Å². The normalized spacial score (nSPS) is 11.4. The molecule has 274 valence electrons. The van der Waals surface area contributed by atoms with Crippen molar-refractivity contribution in [3.63, 3.8) is 0 Å². The number of para-hydroxylation sites is 4. The molecule has 57 heavy (non-hydrogen) atoms. The van der Waals surface area contributed by atoms with Gasteiger partial charge >= 0.3 is 0 Å². The zero-order chi connectivity index (χ0) is 38.8. The van der Waals surface area contributed by atoms with Gasteiger partial charge in [-0.2, -0.15) is 0 Å². The third-order valence-corrected chi connectivity index (χ3v) is 10.2. The Morgan fingerprint density at radius 1 is 0.386 bits per heavy atom. The predicted molar refractivity (Wildman–Crippen MR) is 245 cm³/mol. The van der Waals surface area contributed by atoms with Gasteiger partial charge in [0, 0.05) is 33.9 Å². The average Bonchev–Trinajstić information content (AvgIpc) is 3.29. The lowest BCUT2D eigenvalue weighted by atomic mass is 9.96. The number of hydrogen-bond acceptors (Lipinski definition) is 2. The Morgan fingerprint density at radius 2 is 0.754 bits per heavy atom. The van der Waals surface area contributed by atoms with Gasteiger partial charge < -0.3 is 9.80 Å². The second kappa shape index (κ2) is 17.4. The van der Waals surface area contributed by atoms with Crippen LogP contribution in [0.5, 0.6) is 0 Å². The van der Waals surface area contributed by atoms with E-state index in [1.807, 2.05) is 25.2 Å². The predicted octanol–water partition coefficient (Wildman–Crippen LogP) is 15.8. The molecule has 0 fully saturated rings. The lowest BCUT2D eigenvalue weighted by Gasteiger charge is -2.28. The van der Waals surface area contributed by atoms with E-state index >= 15 is 0 Å². The molecule has 0 aliphatic heterocycles. The Kier molecular flexibility index (Phi) is 11.1. The van der Waals surface area contributed by atoms with Crippen LogP contribution in [0.25, 0.3) is 39.0 Å². The van der Waals surface area contributed by atoms with E-state index in [4.69, 9.17) is 0 Å². The quantitative estimate of drug-likeness (QED) is 0.115. The summed E-state index contributed by atoms with van der Waals surface area (Å²) in [6.45, 7) is 6.07. The molecule has 0 saturated carbocycles. The number of hydrogen-bond donors (Lipinski definition) is 0. The highest BCUT2D eigenvalue weighted by atomic mass is 15.1. The fraction of sp³-hybridized carbons (Fsp3) is 0.0182. The summed E-state index contributed by atoms with van der Waals surface area (Å²) < 4.78 is 0. The van der Waals surface area contributed by atoms with Crippen molar-refractivity contribution >= 4 is 39.7 Å². The van der Waals surface area contributed by atoms with Gasteiger partial charge in [0.05, 0.1) is 11.4 Å². The molecule has 8 aromatic rings. The molecule has 0 amide bonds. The first-order chi connectivity index (χ1) is 28.2. The third-order valence-electron chi connectivity index (χ3n) is 10.2. The largest absolute Gasteiger partial charge is 0.310 e. The van der Waals surface area contributed by atoms with Crippen LogP contribution >= 0.6 is 0 Å². The highest BCUT2D eigenvalue weighted by Gasteiger charge is 2.19. The van der Waals surface area contributed by atoms with Crippen molar-refractivity contribution in [1.29, 1.82) is 0 Å². The Balaban J connectivity index is 1.17. The minimum atomic E-state index is 1.08. The van der Waals surface area contributed by atoms with E-state index in [1.165, 1.54) is 11.1 Å². The van der Waals surface area contributed by atoms with Crippen LogP contribution in [-0.4, -0.2) is 0 Å². The van der Waals surface area contributed by atoms with Crippen LogP contribution in [0.4, 0.5) is 34.1 Å². The number of rotatable bonds is 12. The first-order valence-corrected chi connectivity index (χ1v) is 19.4. The fourth-order valence-electron chi connectivity index (χ4n) is 7.38. The van der Waals surface area contributed by atoms with Crippen LogP contribution in [0.15, 0.2) is 243 Å². The molecule has 0 heterocycles. The van der Waals surface area contributed by atoms with Crippen molar-refractivity contribution < 1.29 is 0 Å². The molecule has 2 heteroatoms. The van der Waals surface area contributed by atoms with E-state index in [-0.39, 0.29) is 0 Å². The van der Waals surface area contributed by atoms with Gasteiger partial charge in [-0.05, 0) is 101 Å². The van der Waals surface area contributed by atoms with E-state index in [2.05, 4.69) is 235 Å². The highest BCUT2D eigenvalue weighted by Crippen LogP contribution is 2.44. The van der Waals surface area contributed by atoms with Crippen molar-refractivity contribution in [2.24, 2.45) is 0 Å². The molecular formula is C55H44N2. The maximum absolute atomic E-state index is 4.05. The van der Waals surface area contributed by atoms with Crippen molar-refractivity contribution in [3.8, 4) is 33.4 Å². The lowest BCUT2D eigenvalue weighted by Crippen LogP contribution is -2.11. The number of benzene rings is 8. The van der Waals surface area contributed by atoms with Crippen LogP contribution in [-0.2, 0) is 0 Å². The Bertz CT molecular complexity index is 2600. The summed E-state index contributed by atoms with van der Waals surface area (Å²) in [6, 6.07) is 75.7. The topological polar surface area (TPSA) is 6.48 Å². The van der Waals surface area contributed by atoms with Crippen LogP contribution < -0.4 is 9.80 Å². The van der Waals surface area contributed by atoms with Crippen molar-refractivity contribution in [2.75, 3.05) is 9.80 Å². The van der Waals surface area contributed by atoms with Crippen LogP contribution in [0.3, 0.4) is 0 Å². The first kappa shape index (κ1) is 36.6. The molecule has 0 spiro atoms. The van der Waals surface area contributed by atoms with E-state index in [9.17, 15) is 0 Å². The molecule has 2 nitrogen and oxygen atoms in total. The minimum absolute atomic E-state index is 1.08. The maximum atomic E-state index is 4.05. The summed E-state index contributed by atoms with van der Waals surface area (Å²) in [7, 11) is 0. The van der Waals surface area contributed by atoms with Crippen LogP contribution in [0, 0.1) is 0 Å². The molecule has 0 saturated heterocycles. The van der Waals surface area contributed by atoms with E-state index < -0.39 is 0 Å². The van der Waals surface area contributed by atoms with Crippen LogP contribution in [0.2, 0.25) is 0 Å². The number of allylic oxidation sites excluding steroid dienone is 5. The van der Waals surface area contributed by atoms with Crippen molar-refractivity contribution in [3.05, 3.63) is 249 Å². The van der Waals surface area contributed by atoms with E-state index in [0.717, 1.165) is 67.5 Å². The summed E-state index contributed by atoms with van der Waals surface area (Å²) in [5.41, 5.74) is 15.8. The van der Waals surface area contributed by atoms with Gasteiger partial charge in [0.15, 0.2) is 0 Å². The first-order valence-electron chi connectivity index (χ1n) is 19.4. The monoisotopic (exact) mass is 732 g/mol. The molecule has 0 unspecified atom stereocenters. The third kappa shape index (κ3) is 8.03. The molecule has 8 aromatic carbocycles. The Labute approximate surface area is 337 Å². The molecule has 0 bridgehead atoms. The highest BCUT2D eigenvalue weighted by molar-refractivity contribution is 5.91. The summed E-state index contributed by atoms with van der Waals surface area (Å²) in [6.07, 6.45) is 8.08. The lowest BCUT2D eigenvalue weighted by molar-refractivity contribution is 1.28. The molecule has 8 rings (SSSR count). The fourth-order valence-corrected chi connectivity index (χ4v) is 7.38. The molecule has 0 aliphatic carbocycles. The summed E-state index contributed by atoms with van der Waals surface area (Å²) in [5.74, 6) is 0. The van der Waals surface area contributed by atoms with Gasteiger partial charge in [-0.15, -0.1) is 0 Å². The van der Waals surface area contributed by atoms with Crippen LogP contribution in [0.1, 0.15) is 12.5 Å². The second-order valence-corrected chi connectivity index (χ2v) is 13.8. The molecular weight excluding hydrogens is 689 g/mol. The zero-order valence-electron chi connectivity index (χ0n) is 32.1. The molecule has 0 aliphatic rings. The molecule has 0 N–H and O–H groups in total. The van der Waals surface area contributed by atoms with Gasteiger partial charge in [0.25, 0.3) is 0 Å². The molecule has 0 atom stereocenters. The molecule has 0 radical (unpaired) electrons. The Morgan fingerprint density at radius 3 is 1.21 bits per heavy atom. The number of anilines is 6. The molecule has 0 aromatic heterocycles. The minimum Gasteiger partial charge on any atom is -0.310 e. The number of nitrogens with zero attached hydrogens (tertiary/aromatic N) is 2. The van der Waals surface area contributed by atoms with Gasteiger partial charge in [0.1, 0.15) is 0 Å². The zero-order valence-corrected chi connectivity index (χ0v) is 32.1. The van der Waals surface area contributed by atoms with E-state index in [1.54, 1.807) is 0 Å². The Hall–Kier alpha value is -7.42. The van der Waals surface area contributed by atoms with Gasteiger partial charge in [0.2, 0.25) is 0 Å². The standard InChI is InChI=1S/C55H44N2/c1-3-5-19-42(4-2)44-34-38-50(39-35-44)56(48-22-11-7-12-23-48)54-28-17-15-26-52(54)46-30-32-47(33-31-46)53-27-16-18-29-55(53)57(49-24-13-8-14-25-49)51-40-36-45(37-41-51)43-20-9-6-10-21-43/h3-41H,2H2,1H3/b5-3-,42-19+. The van der Waals surface area contributed by atoms with Crippen molar-refractivity contribution in [1.82, 2.24) is 0 Å². The summed E-state index contributed by atoms with van der Waals surface area (Å²) >= 11 is 0. The van der Waals surface area contributed by atoms with E-state index in [0.29, 0.717) is 0 Å². The maximum Gasteiger partial charge on any atom is 0.0540 e. The van der Waals surface area contributed by atoms with Gasteiger partial charge in [-0.3, -0.25) is 0 Å². The smallest absolute Gasteiger partial charge is 0.0540 e. The van der Waals surface area contributed by atoms with Gasteiger partial charge in [-0.1, -0.05) is 183 Å². The average molecular weight is 733 g/mol. The summed E-state index contributed by atoms with van der Waals surface area (Å²) in [5, 5.41) is 0. The summed E-state index contributed by atoms with van der Waals surface area (Å²) in [4.78, 5) is 4.69. The second-order valence-electron chi connectivity index (χ2n) is 13.8. The SMILES string of the molecule is C=C/C(=C\C=C/C)c1ccc(N(c2ccccc2)c2ccccc2-c2ccc(-c3ccccc3N(c3ccccc3)c3ccc(-c4ccccc4)cc3)cc2)cc1. The van der Waals surface area contributed by atoms with Crippen molar-refractivity contribution in [2.45, 2.75) is 6.92 Å².